The summed E-state index contributed by atoms with van der Waals surface area (Å²) in [6.07, 6.45) is 0. The first-order valence-corrected chi connectivity index (χ1v) is 13.1. The molecule has 0 unspecified atom stereocenters. The fourth-order valence-corrected chi connectivity index (χ4v) is 5.01. The molecule has 4 rings (SSSR count). The SMILES string of the molecule is CCOC(=O)c1cc(-c2ccccc2)sc1NC(=O)COC(=O)c1cccc(NSc2ccccc2)c1. The van der Waals surface area contributed by atoms with Crippen LogP contribution in [0.5, 0.6) is 0 Å². The molecule has 0 radical (unpaired) electrons. The van der Waals surface area contributed by atoms with E-state index in [9.17, 15) is 14.4 Å². The molecule has 0 atom stereocenters. The van der Waals surface area contributed by atoms with Gasteiger partial charge >= 0.3 is 11.9 Å². The summed E-state index contributed by atoms with van der Waals surface area (Å²) >= 11 is 2.67. The van der Waals surface area contributed by atoms with Crippen LogP contribution in [0.25, 0.3) is 10.4 Å². The summed E-state index contributed by atoms with van der Waals surface area (Å²) in [5.74, 6) is -1.73. The number of anilines is 2. The maximum atomic E-state index is 12.6. The van der Waals surface area contributed by atoms with Gasteiger partial charge in [0.2, 0.25) is 0 Å². The molecule has 0 fully saturated rings. The van der Waals surface area contributed by atoms with Gasteiger partial charge in [-0.2, -0.15) is 0 Å². The van der Waals surface area contributed by atoms with Crippen molar-refractivity contribution in [3.63, 3.8) is 0 Å². The molecule has 0 aliphatic rings. The van der Waals surface area contributed by atoms with E-state index in [0.29, 0.717) is 10.6 Å². The zero-order chi connectivity index (χ0) is 26.0. The van der Waals surface area contributed by atoms with Crippen molar-refractivity contribution in [3.05, 3.63) is 102 Å². The second-order valence-corrected chi connectivity index (χ2v) is 9.59. The lowest BCUT2D eigenvalue weighted by Gasteiger charge is -2.09. The third-order valence-corrected chi connectivity index (χ3v) is 6.95. The summed E-state index contributed by atoms with van der Waals surface area (Å²) < 4.78 is 13.5. The third-order valence-electron chi connectivity index (χ3n) is 5.00. The highest BCUT2D eigenvalue weighted by atomic mass is 32.2. The van der Waals surface area contributed by atoms with Crippen LogP contribution in [0.2, 0.25) is 0 Å². The molecule has 1 aromatic heterocycles. The number of thiophene rings is 1. The minimum absolute atomic E-state index is 0.206. The molecule has 1 amide bonds. The number of hydrogen-bond acceptors (Lipinski definition) is 8. The molecule has 3 aromatic carbocycles. The molecule has 0 bridgehead atoms. The van der Waals surface area contributed by atoms with Crippen LogP contribution in [-0.4, -0.2) is 31.1 Å². The zero-order valence-electron chi connectivity index (χ0n) is 19.9. The Kier molecular flexibility index (Phi) is 8.96. The predicted molar refractivity (Wildman–Crippen MR) is 147 cm³/mol. The maximum Gasteiger partial charge on any atom is 0.341 e. The topological polar surface area (TPSA) is 93.7 Å². The molecule has 7 nitrogen and oxygen atoms in total. The van der Waals surface area contributed by atoms with E-state index in [1.807, 2.05) is 66.7 Å². The number of esters is 2. The van der Waals surface area contributed by atoms with Gasteiger partial charge in [-0.3, -0.25) is 4.79 Å². The maximum absolute atomic E-state index is 12.6. The number of benzene rings is 3. The van der Waals surface area contributed by atoms with E-state index in [2.05, 4.69) is 10.0 Å². The lowest BCUT2D eigenvalue weighted by molar-refractivity contribution is -0.119. The quantitative estimate of drug-likeness (QED) is 0.178. The molecule has 188 valence electrons. The first kappa shape index (κ1) is 26.0. The molecular weight excluding hydrogens is 508 g/mol. The van der Waals surface area contributed by atoms with E-state index in [-0.39, 0.29) is 12.2 Å². The lowest BCUT2D eigenvalue weighted by atomic mass is 10.1. The lowest BCUT2D eigenvalue weighted by Crippen LogP contribution is -2.21. The number of carbonyl (C=O) groups is 3. The molecule has 9 heteroatoms. The number of hydrogen-bond donors (Lipinski definition) is 2. The van der Waals surface area contributed by atoms with Gasteiger partial charge in [0.15, 0.2) is 6.61 Å². The van der Waals surface area contributed by atoms with E-state index >= 15 is 0 Å². The highest BCUT2D eigenvalue weighted by molar-refractivity contribution is 8.00. The van der Waals surface area contributed by atoms with E-state index in [1.54, 1.807) is 31.2 Å². The Morgan fingerprint density at radius 2 is 1.57 bits per heavy atom. The van der Waals surface area contributed by atoms with Crippen LogP contribution in [0.15, 0.2) is 95.9 Å². The van der Waals surface area contributed by atoms with E-state index in [0.717, 1.165) is 21.0 Å². The van der Waals surface area contributed by atoms with E-state index < -0.39 is 24.5 Å². The first-order valence-electron chi connectivity index (χ1n) is 11.4. The molecule has 0 aliphatic carbocycles. The smallest absolute Gasteiger partial charge is 0.341 e. The minimum Gasteiger partial charge on any atom is -0.462 e. The molecule has 0 saturated heterocycles. The monoisotopic (exact) mass is 532 g/mol. The van der Waals surface area contributed by atoms with Gasteiger partial charge < -0.3 is 19.5 Å². The number of rotatable bonds is 10. The molecule has 4 aromatic rings. The second-order valence-electron chi connectivity index (χ2n) is 7.66. The third kappa shape index (κ3) is 7.22. The Morgan fingerprint density at radius 1 is 0.838 bits per heavy atom. The second kappa shape index (κ2) is 12.8. The van der Waals surface area contributed by atoms with Gasteiger partial charge in [-0.1, -0.05) is 54.6 Å². The molecule has 2 N–H and O–H groups in total. The van der Waals surface area contributed by atoms with Gasteiger partial charge in [-0.05, 0) is 60.8 Å². The number of carbonyl (C=O) groups excluding carboxylic acids is 3. The average Bonchev–Trinajstić information content (AvgIpc) is 3.36. The van der Waals surface area contributed by atoms with Crippen LogP contribution >= 0.6 is 23.3 Å². The van der Waals surface area contributed by atoms with Crippen LogP contribution in [0.3, 0.4) is 0 Å². The summed E-state index contributed by atoms with van der Waals surface area (Å²) in [6, 6.07) is 27.8. The van der Waals surface area contributed by atoms with Crippen molar-refractivity contribution in [3.8, 4) is 10.4 Å². The zero-order valence-corrected chi connectivity index (χ0v) is 21.6. The largest absolute Gasteiger partial charge is 0.462 e. The van der Waals surface area contributed by atoms with Gasteiger partial charge in [-0.15, -0.1) is 11.3 Å². The minimum atomic E-state index is -0.634. The Bertz CT molecular complexity index is 1370. The van der Waals surface area contributed by atoms with Crippen molar-refractivity contribution in [2.45, 2.75) is 11.8 Å². The average molecular weight is 533 g/mol. The van der Waals surface area contributed by atoms with Crippen LogP contribution in [0.1, 0.15) is 27.6 Å². The Morgan fingerprint density at radius 3 is 2.30 bits per heavy atom. The Labute approximate surface area is 223 Å². The molecule has 0 spiro atoms. The van der Waals surface area contributed by atoms with Crippen LogP contribution in [-0.2, 0) is 14.3 Å². The van der Waals surface area contributed by atoms with Crippen LogP contribution < -0.4 is 10.0 Å². The van der Waals surface area contributed by atoms with Gasteiger partial charge in [0.25, 0.3) is 5.91 Å². The fourth-order valence-electron chi connectivity index (χ4n) is 3.28. The molecule has 37 heavy (non-hydrogen) atoms. The highest BCUT2D eigenvalue weighted by Crippen LogP contribution is 2.36. The van der Waals surface area contributed by atoms with Crippen LogP contribution in [0.4, 0.5) is 10.7 Å². The van der Waals surface area contributed by atoms with Crippen molar-refractivity contribution >= 4 is 51.8 Å². The molecule has 1 heterocycles. The van der Waals surface area contributed by atoms with Crippen molar-refractivity contribution in [1.82, 2.24) is 0 Å². The van der Waals surface area contributed by atoms with E-state index in [4.69, 9.17) is 9.47 Å². The highest BCUT2D eigenvalue weighted by Gasteiger charge is 2.20. The van der Waals surface area contributed by atoms with Gasteiger partial charge in [0.1, 0.15) is 5.00 Å². The van der Waals surface area contributed by atoms with Crippen molar-refractivity contribution < 1.29 is 23.9 Å². The Hall–Kier alpha value is -4.08. The van der Waals surface area contributed by atoms with Crippen molar-refractivity contribution in [2.24, 2.45) is 0 Å². The number of ether oxygens (including phenoxy) is 2. The molecular formula is C28H24N2O5S2. The Balaban J connectivity index is 1.38. The number of amides is 1. The molecule has 0 saturated carbocycles. The summed E-state index contributed by atoms with van der Waals surface area (Å²) in [4.78, 5) is 39.5. The fraction of sp³-hybridized carbons (Fsp3) is 0.107. The van der Waals surface area contributed by atoms with Gasteiger partial charge in [0, 0.05) is 15.5 Å². The van der Waals surface area contributed by atoms with Gasteiger partial charge in [0.05, 0.1) is 17.7 Å². The predicted octanol–water partition coefficient (Wildman–Crippen LogP) is 6.51. The normalized spacial score (nSPS) is 10.4. The standard InChI is InChI=1S/C28H24N2O5S2/c1-2-34-28(33)23-17-24(19-10-5-3-6-11-19)36-26(23)29-25(31)18-35-27(32)20-12-9-13-21(16-20)30-37-22-14-7-4-8-15-22/h3-17,30H,2,18H2,1H3,(H,29,31). The van der Waals surface area contributed by atoms with Crippen molar-refractivity contribution in [2.75, 3.05) is 23.3 Å². The van der Waals surface area contributed by atoms with E-state index in [1.165, 1.54) is 23.3 Å². The summed E-state index contributed by atoms with van der Waals surface area (Å²) in [6.45, 7) is 1.42. The summed E-state index contributed by atoms with van der Waals surface area (Å²) in [5, 5.41) is 3.02. The summed E-state index contributed by atoms with van der Waals surface area (Å²) in [5.41, 5.74) is 2.18. The molecule has 0 aliphatic heterocycles. The van der Waals surface area contributed by atoms with Gasteiger partial charge in [-0.25, -0.2) is 9.59 Å². The summed E-state index contributed by atoms with van der Waals surface area (Å²) in [7, 11) is 0. The first-order chi connectivity index (χ1) is 18.0. The number of nitrogens with one attached hydrogen (secondary N) is 2. The van der Waals surface area contributed by atoms with Crippen molar-refractivity contribution in [1.29, 1.82) is 0 Å². The van der Waals surface area contributed by atoms with Crippen LogP contribution in [0, 0.1) is 0 Å².